The molecular formula is C8H16F2N2. The van der Waals surface area contributed by atoms with E-state index in [9.17, 15) is 8.78 Å². The van der Waals surface area contributed by atoms with Gasteiger partial charge >= 0.3 is 0 Å². The summed E-state index contributed by atoms with van der Waals surface area (Å²) in [5.74, 6) is 0. The van der Waals surface area contributed by atoms with Gasteiger partial charge in [0.2, 0.25) is 0 Å². The van der Waals surface area contributed by atoms with Crippen LogP contribution in [-0.2, 0) is 0 Å². The van der Waals surface area contributed by atoms with Gasteiger partial charge in [-0.05, 0) is 13.6 Å². The van der Waals surface area contributed by atoms with E-state index in [0.29, 0.717) is 6.54 Å². The number of hydrogen-bond acceptors (Lipinski definition) is 2. The maximum absolute atomic E-state index is 12.5. The van der Waals surface area contributed by atoms with Crippen LogP contribution < -0.4 is 0 Å². The van der Waals surface area contributed by atoms with E-state index in [-0.39, 0.29) is 0 Å². The fourth-order valence-electron chi connectivity index (χ4n) is 1.62. The lowest BCUT2D eigenvalue weighted by Gasteiger charge is -2.38. The van der Waals surface area contributed by atoms with Gasteiger partial charge in [0, 0.05) is 19.6 Å². The molecule has 0 aromatic carbocycles. The SMILES string of the molecule is CCN1CCN(C)CC1C(F)F. The van der Waals surface area contributed by atoms with Gasteiger partial charge in [-0.15, -0.1) is 0 Å². The largest absolute Gasteiger partial charge is 0.303 e. The third-order valence-corrected chi connectivity index (χ3v) is 2.43. The zero-order chi connectivity index (χ0) is 9.14. The predicted molar refractivity (Wildman–Crippen MR) is 44.5 cm³/mol. The van der Waals surface area contributed by atoms with Crippen LogP contribution >= 0.6 is 0 Å². The maximum Gasteiger partial charge on any atom is 0.255 e. The topological polar surface area (TPSA) is 6.48 Å². The van der Waals surface area contributed by atoms with E-state index in [1.54, 1.807) is 0 Å². The normalized spacial score (nSPS) is 28.2. The fourth-order valence-corrected chi connectivity index (χ4v) is 1.62. The Bertz CT molecular complexity index is 141. The highest BCUT2D eigenvalue weighted by Gasteiger charge is 2.30. The molecule has 1 aliphatic rings. The van der Waals surface area contributed by atoms with E-state index in [2.05, 4.69) is 0 Å². The van der Waals surface area contributed by atoms with Crippen LogP contribution in [0.4, 0.5) is 8.78 Å². The van der Waals surface area contributed by atoms with Crippen LogP contribution in [0.2, 0.25) is 0 Å². The summed E-state index contributed by atoms with van der Waals surface area (Å²) in [6, 6.07) is -0.561. The molecule has 0 spiro atoms. The average molecular weight is 178 g/mol. The second kappa shape index (κ2) is 4.14. The standard InChI is InChI=1S/C8H16F2N2/c1-3-12-5-4-11(2)6-7(12)8(9)10/h7-8H,3-6H2,1-2H3. The Hall–Kier alpha value is -0.220. The smallest absolute Gasteiger partial charge is 0.255 e. The molecule has 1 aliphatic heterocycles. The quantitative estimate of drug-likeness (QED) is 0.619. The van der Waals surface area contributed by atoms with Crippen molar-refractivity contribution in [3.05, 3.63) is 0 Å². The molecule has 4 heteroatoms. The van der Waals surface area contributed by atoms with Crippen molar-refractivity contribution in [3.8, 4) is 0 Å². The molecule has 0 amide bonds. The molecule has 1 saturated heterocycles. The van der Waals surface area contributed by atoms with E-state index >= 15 is 0 Å². The van der Waals surface area contributed by atoms with Gasteiger partial charge in [-0.2, -0.15) is 0 Å². The molecular weight excluding hydrogens is 162 g/mol. The fraction of sp³-hybridized carbons (Fsp3) is 1.00. The molecule has 2 nitrogen and oxygen atoms in total. The van der Waals surface area contributed by atoms with Crippen molar-refractivity contribution in [3.63, 3.8) is 0 Å². The van der Waals surface area contributed by atoms with Crippen LogP contribution in [0.15, 0.2) is 0 Å². The van der Waals surface area contributed by atoms with Crippen molar-refractivity contribution in [2.45, 2.75) is 19.4 Å². The Morgan fingerprint density at radius 3 is 2.58 bits per heavy atom. The first-order valence-corrected chi connectivity index (χ1v) is 4.36. The van der Waals surface area contributed by atoms with Crippen LogP contribution in [0.25, 0.3) is 0 Å². The van der Waals surface area contributed by atoms with E-state index in [1.807, 2.05) is 23.8 Å². The van der Waals surface area contributed by atoms with Crippen LogP contribution in [-0.4, -0.2) is 55.5 Å². The molecule has 1 heterocycles. The zero-order valence-electron chi connectivity index (χ0n) is 7.63. The summed E-state index contributed by atoms with van der Waals surface area (Å²) in [5.41, 5.74) is 0. The minimum atomic E-state index is -2.22. The summed E-state index contributed by atoms with van der Waals surface area (Å²) in [7, 11) is 1.89. The van der Waals surface area contributed by atoms with Crippen molar-refractivity contribution >= 4 is 0 Å². The highest BCUT2D eigenvalue weighted by Crippen LogP contribution is 2.14. The first-order valence-electron chi connectivity index (χ1n) is 4.36. The van der Waals surface area contributed by atoms with Crippen molar-refractivity contribution in [2.75, 3.05) is 33.2 Å². The third kappa shape index (κ3) is 2.14. The van der Waals surface area contributed by atoms with Crippen molar-refractivity contribution < 1.29 is 8.78 Å². The van der Waals surface area contributed by atoms with Crippen LogP contribution in [0.1, 0.15) is 6.92 Å². The second-order valence-electron chi connectivity index (χ2n) is 3.29. The number of nitrogens with zero attached hydrogens (tertiary/aromatic N) is 2. The van der Waals surface area contributed by atoms with Gasteiger partial charge in [-0.1, -0.05) is 6.92 Å². The molecule has 12 heavy (non-hydrogen) atoms. The molecule has 0 aromatic heterocycles. The van der Waals surface area contributed by atoms with Gasteiger partial charge in [0.15, 0.2) is 0 Å². The molecule has 0 N–H and O–H groups in total. The van der Waals surface area contributed by atoms with Gasteiger partial charge in [0.05, 0.1) is 6.04 Å². The Kier molecular flexibility index (Phi) is 3.40. The molecule has 0 aliphatic carbocycles. The third-order valence-electron chi connectivity index (χ3n) is 2.43. The number of piperazine rings is 1. The highest BCUT2D eigenvalue weighted by atomic mass is 19.3. The number of alkyl halides is 2. The van der Waals surface area contributed by atoms with E-state index in [1.165, 1.54) is 0 Å². The molecule has 0 bridgehead atoms. The average Bonchev–Trinajstić information content (AvgIpc) is 2.04. The lowest BCUT2D eigenvalue weighted by Crippen LogP contribution is -2.54. The van der Waals surface area contributed by atoms with Crippen molar-refractivity contribution in [1.29, 1.82) is 0 Å². The molecule has 1 rings (SSSR count). The number of halogens is 2. The van der Waals surface area contributed by atoms with Crippen molar-refractivity contribution in [1.82, 2.24) is 9.80 Å². The summed E-state index contributed by atoms with van der Waals surface area (Å²) in [5, 5.41) is 0. The Morgan fingerprint density at radius 1 is 1.42 bits per heavy atom. The first kappa shape index (κ1) is 9.86. The van der Waals surface area contributed by atoms with Gasteiger partial charge in [-0.25, -0.2) is 8.78 Å². The van der Waals surface area contributed by atoms with Crippen LogP contribution in [0.5, 0.6) is 0 Å². The summed E-state index contributed by atoms with van der Waals surface area (Å²) in [4.78, 5) is 3.81. The minimum absolute atomic E-state index is 0.492. The van der Waals surface area contributed by atoms with E-state index in [4.69, 9.17) is 0 Å². The van der Waals surface area contributed by atoms with E-state index in [0.717, 1.165) is 19.6 Å². The van der Waals surface area contributed by atoms with Crippen LogP contribution in [0, 0.1) is 0 Å². The summed E-state index contributed by atoms with van der Waals surface area (Å²) in [6.45, 7) is 4.81. The maximum atomic E-state index is 12.5. The van der Waals surface area contributed by atoms with Gasteiger partial charge < -0.3 is 4.90 Å². The molecule has 72 valence electrons. The molecule has 0 radical (unpaired) electrons. The minimum Gasteiger partial charge on any atom is -0.303 e. The van der Waals surface area contributed by atoms with Crippen molar-refractivity contribution in [2.24, 2.45) is 0 Å². The monoisotopic (exact) mass is 178 g/mol. The number of rotatable bonds is 2. The molecule has 1 atom stereocenters. The Labute approximate surface area is 72.1 Å². The zero-order valence-corrected chi connectivity index (χ0v) is 7.63. The number of likely N-dealkylation sites (N-methyl/N-ethyl adjacent to an activating group) is 2. The Balaban J connectivity index is 2.52. The lowest BCUT2D eigenvalue weighted by molar-refractivity contribution is -0.0150. The second-order valence-corrected chi connectivity index (χ2v) is 3.29. The summed E-state index contributed by atoms with van der Waals surface area (Å²) >= 11 is 0. The Morgan fingerprint density at radius 2 is 2.08 bits per heavy atom. The molecule has 1 fully saturated rings. The lowest BCUT2D eigenvalue weighted by atomic mass is 10.2. The first-order chi connectivity index (χ1) is 5.65. The molecule has 1 unspecified atom stereocenters. The summed E-state index contributed by atoms with van der Waals surface area (Å²) < 4.78 is 24.9. The van der Waals surface area contributed by atoms with Gasteiger partial charge in [0.25, 0.3) is 6.43 Å². The van der Waals surface area contributed by atoms with E-state index < -0.39 is 12.5 Å². The highest BCUT2D eigenvalue weighted by molar-refractivity contribution is 4.81. The molecule has 0 aromatic rings. The predicted octanol–water partition coefficient (Wildman–Crippen LogP) is 0.887. The van der Waals surface area contributed by atoms with Crippen LogP contribution in [0.3, 0.4) is 0 Å². The van der Waals surface area contributed by atoms with Gasteiger partial charge in [0.1, 0.15) is 0 Å². The number of hydrogen-bond donors (Lipinski definition) is 0. The molecule has 0 saturated carbocycles. The summed E-state index contributed by atoms with van der Waals surface area (Å²) in [6.07, 6.45) is -2.22. The van der Waals surface area contributed by atoms with Gasteiger partial charge in [-0.3, -0.25) is 4.90 Å².